The second-order valence-electron chi connectivity index (χ2n) is 3.08. The van der Waals surface area contributed by atoms with E-state index in [0.29, 0.717) is 6.29 Å². The van der Waals surface area contributed by atoms with Crippen molar-refractivity contribution >= 4 is 23.9 Å². The van der Waals surface area contributed by atoms with E-state index < -0.39 is 11.8 Å². The van der Waals surface area contributed by atoms with Crippen LogP contribution in [0.2, 0.25) is 5.02 Å². The first-order chi connectivity index (χ1) is 7.58. The molecule has 0 fully saturated rings. The molecule has 0 aliphatic heterocycles. The number of hydrogen-bond donors (Lipinski definition) is 0. The smallest absolute Gasteiger partial charge is 0.310 e. The van der Waals surface area contributed by atoms with Crippen molar-refractivity contribution in [1.82, 2.24) is 0 Å². The Hall–Kier alpha value is -1.42. The Balaban J connectivity index is 2.98. The Morgan fingerprint density at radius 2 is 2.25 bits per heavy atom. The average Bonchev–Trinajstić information content (AvgIpc) is 2.24. The van der Waals surface area contributed by atoms with Gasteiger partial charge in [-0.05, 0) is 19.1 Å². The lowest BCUT2D eigenvalue weighted by Gasteiger charge is -2.05. The summed E-state index contributed by atoms with van der Waals surface area (Å²) < 4.78 is 18.1. The van der Waals surface area contributed by atoms with E-state index in [0.717, 1.165) is 0 Å². The molecule has 0 spiro atoms. The van der Waals surface area contributed by atoms with Gasteiger partial charge in [0, 0.05) is 11.1 Å². The summed E-state index contributed by atoms with van der Waals surface area (Å²) in [6, 6.07) is 2.49. The van der Waals surface area contributed by atoms with Gasteiger partial charge in [0.1, 0.15) is 12.1 Å². The molecule has 16 heavy (non-hydrogen) atoms. The van der Waals surface area contributed by atoms with Gasteiger partial charge in [0.2, 0.25) is 0 Å². The van der Waals surface area contributed by atoms with Crippen molar-refractivity contribution in [3.63, 3.8) is 0 Å². The number of carbonyl (C=O) groups excluding carboxylic acids is 2. The van der Waals surface area contributed by atoms with Crippen LogP contribution in [0.5, 0.6) is 0 Å². The van der Waals surface area contributed by atoms with E-state index in [9.17, 15) is 14.0 Å². The van der Waals surface area contributed by atoms with Gasteiger partial charge < -0.3 is 4.74 Å². The number of benzene rings is 1. The van der Waals surface area contributed by atoms with Crippen LogP contribution in [0.3, 0.4) is 0 Å². The maximum Gasteiger partial charge on any atom is 0.310 e. The summed E-state index contributed by atoms with van der Waals surface area (Å²) in [6.07, 6.45) is 0.307. The zero-order valence-corrected chi connectivity index (χ0v) is 9.38. The van der Waals surface area contributed by atoms with Gasteiger partial charge in [-0.15, -0.1) is 0 Å². The summed E-state index contributed by atoms with van der Waals surface area (Å²) in [7, 11) is 0. The number of rotatable bonds is 4. The van der Waals surface area contributed by atoms with Gasteiger partial charge in [0.15, 0.2) is 0 Å². The van der Waals surface area contributed by atoms with Crippen LogP contribution >= 0.6 is 11.6 Å². The summed E-state index contributed by atoms with van der Waals surface area (Å²) in [5.74, 6) is -1.25. The first-order valence-electron chi connectivity index (χ1n) is 4.67. The number of halogens is 2. The molecule has 86 valence electrons. The average molecular weight is 245 g/mol. The Morgan fingerprint density at radius 3 is 2.81 bits per heavy atom. The first kappa shape index (κ1) is 12.6. The van der Waals surface area contributed by atoms with Gasteiger partial charge in [-0.25, -0.2) is 4.39 Å². The Bertz CT molecular complexity index is 418. The summed E-state index contributed by atoms with van der Waals surface area (Å²) in [5.41, 5.74) is 0.291. The molecule has 0 saturated heterocycles. The molecule has 5 heteroatoms. The third kappa shape index (κ3) is 3.03. The quantitative estimate of drug-likeness (QED) is 0.603. The van der Waals surface area contributed by atoms with E-state index in [1.165, 1.54) is 12.1 Å². The highest BCUT2D eigenvalue weighted by molar-refractivity contribution is 6.31. The molecule has 0 N–H and O–H groups in total. The summed E-state index contributed by atoms with van der Waals surface area (Å²) in [6.45, 7) is 1.88. The third-order valence-corrected chi connectivity index (χ3v) is 2.18. The maximum atomic E-state index is 13.5. The highest BCUT2D eigenvalue weighted by Gasteiger charge is 2.13. The van der Waals surface area contributed by atoms with Crippen LogP contribution in [0.4, 0.5) is 4.39 Å². The molecule has 0 atom stereocenters. The van der Waals surface area contributed by atoms with Crippen LogP contribution in [0.15, 0.2) is 12.1 Å². The van der Waals surface area contributed by atoms with E-state index in [4.69, 9.17) is 11.6 Å². The summed E-state index contributed by atoms with van der Waals surface area (Å²) >= 11 is 5.57. The molecule has 1 rings (SSSR count). The monoisotopic (exact) mass is 244 g/mol. The molecule has 0 unspecified atom stereocenters. The molecule has 0 aliphatic carbocycles. The minimum absolute atomic E-state index is 0.0630. The largest absolute Gasteiger partial charge is 0.466 e. The highest BCUT2D eigenvalue weighted by atomic mass is 35.5. The standard InChI is InChI=1S/C11H10ClFO3/c1-2-16-10(15)5-8-3-7(6-14)4-9(12)11(8)13/h3-4,6H,2,5H2,1H3. The molecule has 0 aromatic heterocycles. The van der Waals surface area contributed by atoms with Gasteiger partial charge in [-0.1, -0.05) is 11.6 Å². The van der Waals surface area contributed by atoms with Crippen LogP contribution in [0.1, 0.15) is 22.8 Å². The second-order valence-corrected chi connectivity index (χ2v) is 3.48. The second kappa shape index (κ2) is 5.61. The summed E-state index contributed by atoms with van der Waals surface area (Å²) in [4.78, 5) is 21.7. The van der Waals surface area contributed by atoms with Gasteiger partial charge in [-0.3, -0.25) is 9.59 Å². The predicted molar refractivity (Wildman–Crippen MR) is 57.1 cm³/mol. The molecule has 0 amide bonds. The first-order valence-corrected chi connectivity index (χ1v) is 5.05. The minimum Gasteiger partial charge on any atom is -0.466 e. The molecule has 3 nitrogen and oxygen atoms in total. The Morgan fingerprint density at radius 1 is 1.56 bits per heavy atom. The van der Waals surface area contributed by atoms with Gasteiger partial charge in [-0.2, -0.15) is 0 Å². The highest BCUT2D eigenvalue weighted by Crippen LogP contribution is 2.20. The molecular formula is C11H10ClFO3. The molecule has 0 heterocycles. The Labute approximate surface area is 97.2 Å². The fraction of sp³-hybridized carbons (Fsp3) is 0.273. The topological polar surface area (TPSA) is 43.4 Å². The van der Waals surface area contributed by atoms with Crippen molar-refractivity contribution in [3.8, 4) is 0 Å². The normalized spacial score (nSPS) is 9.94. The predicted octanol–water partition coefficient (Wildman–Crippen LogP) is 2.40. The SMILES string of the molecule is CCOC(=O)Cc1cc(C=O)cc(Cl)c1F. The lowest BCUT2D eigenvalue weighted by molar-refractivity contribution is -0.142. The van der Waals surface area contributed by atoms with E-state index in [1.807, 2.05) is 0 Å². The zero-order chi connectivity index (χ0) is 12.1. The van der Waals surface area contributed by atoms with Crippen molar-refractivity contribution in [3.05, 3.63) is 34.1 Å². The molecule has 1 aromatic carbocycles. The molecular weight excluding hydrogens is 235 g/mol. The van der Waals surface area contributed by atoms with Crippen molar-refractivity contribution in [1.29, 1.82) is 0 Å². The molecule has 0 bridgehead atoms. The van der Waals surface area contributed by atoms with Crippen molar-refractivity contribution in [2.75, 3.05) is 6.61 Å². The molecule has 0 radical (unpaired) electrons. The van der Waals surface area contributed by atoms with E-state index in [2.05, 4.69) is 4.74 Å². The number of aldehydes is 1. The van der Waals surface area contributed by atoms with Gasteiger partial charge >= 0.3 is 5.97 Å². The van der Waals surface area contributed by atoms with Gasteiger partial charge in [0.05, 0.1) is 18.1 Å². The van der Waals surface area contributed by atoms with E-state index in [1.54, 1.807) is 6.92 Å². The summed E-state index contributed by atoms with van der Waals surface area (Å²) in [5, 5.41) is -0.177. The number of esters is 1. The lowest BCUT2D eigenvalue weighted by atomic mass is 10.1. The van der Waals surface area contributed by atoms with Crippen LogP contribution in [0.25, 0.3) is 0 Å². The van der Waals surface area contributed by atoms with E-state index in [-0.39, 0.29) is 29.2 Å². The van der Waals surface area contributed by atoms with Gasteiger partial charge in [0.25, 0.3) is 0 Å². The van der Waals surface area contributed by atoms with E-state index >= 15 is 0 Å². The molecule has 0 saturated carbocycles. The fourth-order valence-electron chi connectivity index (χ4n) is 1.23. The van der Waals surface area contributed by atoms with Crippen molar-refractivity contribution in [2.45, 2.75) is 13.3 Å². The van der Waals surface area contributed by atoms with Crippen LogP contribution in [-0.4, -0.2) is 18.9 Å². The fourth-order valence-corrected chi connectivity index (χ4v) is 1.48. The number of hydrogen-bond acceptors (Lipinski definition) is 3. The number of ether oxygens (including phenoxy) is 1. The third-order valence-electron chi connectivity index (χ3n) is 1.90. The number of carbonyl (C=O) groups is 2. The maximum absolute atomic E-state index is 13.5. The van der Waals surface area contributed by atoms with Crippen molar-refractivity contribution in [2.24, 2.45) is 0 Å². The van der Waals surface area contributed by atoms with Crippen LogP contribution in [-0.2, 0) is 16.0 Å². The lowest BCUT2D eigenvalue weighted by Crippen LogP contribution is -2.09. The Kier molecular flexibility index (Phi) is 4.43. The molecule has 0 aliphatic rings. The zero-order valence-electron chi connectivity index (χ0n) is 8.63. The minimum atomic E-state index is -0.694. The van der Waals surface area contributed by atoms with Crippen LogP contribution in [0, 0.1) is 5.82 Å². The van der Waals surface area contributed by atoms with Crippen molar-refractivity contribution < 1.29 is 18.7 Å². The van der Waals surface area contributed by atoms with Crippen LogP contribution < -0.4 is 0 Å². The molecule has 1 aromatic rings.